The fourth-order valence-electron chi connectivity index (χ4n) is 2.09. The van der Waals surface area contributed by atoms with Crippen LogP contribution in [0.4, 0.5) is 8.78 Å². The Hall–Kier alpha value is -1.70. The van der Waals surface area contributed by atoms with Crippen LogP contribution in [0.15, 0.2) is 38.7 Å². The van der Waals surface area contributed by atoms with Crippen LogP contribution in [-0.4, -0.2) is 35.8 Å². The van der Waals surface area contributed by atoms with Crippen molar-refractivity contribution in [3.05, 3.63) is 34.3 Å². The van der Waals surface area contributed by atoms with Gasteiger partial charge in [-0.05, 0) is 17.7 Å². The quantitative estimate of drug-likeness (QED) is 0.616. The number of hydrogen-bond donors (Lipinski definition) is 2. The molecule has 0 radical (unpaired) electrons. The summed E-state index contributed by atoms with van der Waals surface area (Å²) in [6, 6.07) is 7.66. The average molecular weight is 374 g/mol. The molecule has 1 fully saturated rings. The number of nitrogens with two attached hydrogens (primary N) is 2. The summed E-state index contributed by atoms with van der Waals surface area (Å²) in [7, 11) is 0. The van der Waals surface area contributed by atoms with E-state index >= 15 is 0 Å². The third-order valence-corrected chi connectivity index (χ3v) is 3.85. The molecule has 0 amide bonds. The summed E-state index contributed by atoms with van der Waals surface area (Å²) in [6.45, 7) is 0.711. The second-order valence-corrected chi connectivity index (χ2v) is 6.03. The van der Waals surface area contributed by atoms with E-state index < -0.39 is 5.92 Å². The van der Waals surface area contributed by atoms with Gasteiger partial charge in [0, 0.05) is 30.4 Å². The second-order valence-electron chi connectivity index (χ2n) is 5.12. The maximum absolute atomic E-state index is 13.1. The van der Waals surface area contributed by atoms with Gasteiger partial charge in [0.2, 0.25) is 5.96 Å². The van der Waals surface area contributed by atoms with Gasteiger partial charge in [-0.25, -0.2) is 13.8 Å². The monoisotopic (exact) mass is 373 g/mol. The fraction of sp³-hybridized carbons (Fsp3) is 0.429. The first-order valence-corrected chi connectivity index (χ1v) is 7.66. The summed E-state index contributed by atoms with van der Waals surface area (Å²) in [5, 5.41) is 0. The maximum atomic E-state index is 13.1. The van der Waals surface area contributed by atoms with E-state index in [4.69, 9.17) is 11.5 Å². The largest absolute Gasteiger partial charge is 0.369 e. The lowest BCUT2D eigenvalue weighted by Gasteiger charge is -2.32. The van der Waals surface area contributed by atoms with E-state index in [1.54, 1.807) is 4.90 Å². The van der Waals surface area contributed by atoms with E-state index in [1.807, 2.05) is 24.3 Å². The van der Waals surface area contributed by atoms with Crippen molar-refractivity contribution in [2.45, 2.75) is 25.3 Å². The third-order valence-electron chi connectivity index (χ3n) is 3.36. The first-order valence-electron chi connectivity index (χ1n) is 6.87. The van der Waals surface area contributed by atoms with Gasteiger partial charge in [-0.3, -0.25) is 0 Å². The first kappa shape index (κ1) is 16.7. The normalized spacial score (nSPS) is 19.3. The van der Waals surface area contributed by atoms with Crippen molar-refractivity contribution in [2.24, 2.45) is 21.5 Å². The van der Waals surface area contributed by atoms with Crippen LogP contribution in [0.2, 0.25) is 0 Å². The van der Waals surface area contributed by atoms with E-state index in [-0.39, 0.29) is 37.9 Å². The van der Waals surface area contributed by atoms with E-state index in [9.17, 15) is 8.78 Å². The number of nitrogens with zero attached hydrogens (tertiary/aromatic N) is 3. The maximum Gasteiger partial charge on any atom is 0.251 e. The smallest absolute Gasteiger partial charge is 0.251 e. The molecule has 0 saturated carbocycles. The molecule has 0 unspecified atom stereocenters. The number of alkyl halides is 2. The molecule has 120 valence electrons. The molecule has 4 N–H and O–H groups in total. The number of likely N-dealkylation sites (tertiary alicyclic amines) is 1. The molecule has 1 aromatic rings. The van der Waals surface area contributed by atoms with Crippen LogP contribution in [0.25, 0.3) is 0 Å². The highest BCUT2D eigenvalue weighted by Gasteiger charge is 2.34. The van der Waals surface area contributed by atoms with Crippen LogP contribution in [0, 0.1) is 0 Å². The van der Waals surface area contributed by atoms with Gasteiger partial charge in [0.25, 0.3) is 5.92 Å². The minimum atomic E-state index is -2.61. The van der Waals surface area contributed by atoms with Gasteiger partial charge in [0.05, 0.1) is 6.54 Å². The minimum Gasteiger partial charge on any atom is -0.369 e. The number of benzene rings is 1. The molecule has 1 aliphatic rings. The Kier molecular flexibility index (Phi) is 5.33. The highest BCUT2D eigenvalue weighted by atomic mass is 79.9. The molecule has 5 nitrogen and oxygen atoms in total. The minimum absolute atomic E-state index is 0.0369. The van der Waals surface area contributed by atoms with E-state index in [2.05, 4.69) is 25.9 Å². The fourth-order valence-corrected chi connectivity index (χ4v) is 2.54. The summed E-state index contributed by atoms with van der Waals surface area (Å²) in [4.78, 5) is 9.70. The van der Waals surface area contributed by atoms with Crippen LogP contribution in [0.1, 0.15) is 18.4 Å². The Balaban J connectivity index is 1.94. The molecular formula is C14H18BrF2N5. The second kappa shape index (κ2) is 7.04. The predicted molar refractivity (Wildman–Crippen MR) is 86.8 cm³/mol. The van der Waals surface area contributed by atoms with Crippen molar-refractivity contribution in [3.8, 4) is 0 Å². The van der Waals surface area contributed by atoms with Crippen molar-refractivity contribution in [1.82, 2.24) is 4.90 Å². The van der Waals surface area contributed by atoms with Crippen LogP contribution in [-0.2, 0) is 6.54 Å². The van der Waals surface area contributed by atoms with Crippen molar-refractivity contribution in [2.75, 3.05) is 13.1 Å². The molecule has 1 saturated heterocycles. The van der Waals surface area contributed by atoms with E-state index in [0.717, 1.165) is 10.0 Å². The third kappa shape index (κ3) is 4.94. The van der Waals surface area contributed by atoms with Gasteiger partial charge in [-0.2, -0.15) is 4.99 Å². The molecule has 22 heavy (non-hydrogen) atoms. The van der Waals surface area contributed by atoms with Crippen LogP contribution in [0.3, 0.4) is 0 Å². The lowest BCUT2D eigenvalue weighted by Crippen LogP contribution is -2.46. The van der Waals surface area contributed by atoms with Gasteiger partial charge in [-0.1, -0.05) is 28.1 Å². The molecule has 1 heterocycles. The van der Waals surface area contributed by atoms with Gasteiger partial charge in [0.1, 0.15) is 0 Å². The molecule has 1 aliphatic heterocycles. The lowest BCUT2D eigenvalue weighted by molar-refractivity contribution is -0.0435. The zero-order chi connectivity index (χ0) is 16.2. The Labute approximate surface area is 136 Å². The molecular weight excluding hydrogens is 356 g/mol. The van der Waals surface area contributed by atoms with Gasteiger partial charge >= 0.3 is 0 Å². The summed E-state index contributed by atoms with van der Waals surface area (Å²) in [5.41, 5.74) is 12.5. The lowest BCUT2D eigenvalue weighted by atomic mass is 10.1. The van der Waals surface area contributed by atoms with Crippen molar-refractivity contribution in [3.63, 3.8) is 0 Å². The van der Waals surface area contributed by atoms with Crippen molar-refractivity contribution < 1.29 is 8.78 Å². The topological polar surface area (TPSA) is 80.0 Å². The molecule has 0 aliphatic carbocycles. The highest BCUT2D eigenvalue weighted by Crippen LogP contribution is 2.27. The van der Waals surface area contributed by atoms with Crippen molar-refractivity contribution >= 4 is 27.8 Å². The predicted octanol–water partition coefficient (Wildman–Crippen LogP) is 2.31. The van der Waals surface area contributed by atoms with Crippen LogP contribution >= 0.6 is 15.9 Å². The average Bonchev–Trinajstić information content (AvgIpc) is 2.45. The van der Waals surface area contributed by atoms with E-state index in [1.165, 1.54) is 0 Å². The summed E-state index contributed by atoms with van der Waals surface area (Å²) < 4.78 is 27.1. The SMILES string of the molecule is NC(=NCc1cccc(Br)c1)/N=C(\N)N1CCC(F)(F)CC1. The molecule has 0 aromatic heterocycles. The number of hydrogen-bond acceptors (Lipinski definition) is 1. The zero-order valence-corrected chi connectivity index (χ0v) is 13.6. The number of piperidine rings is 1. The Morgan fingerprint density at radius 1 is 1.27 bits per heavy atom. The number of aliphatic imine (C=N–C) groups is 2. The zero-order valence-electron chi connectivity index (χ0n) is 12.0. The van der Waals surface area contributed by atoms with Gasteiger partial charge in [-0.15, -0.1) is 0 Å². The van der Waals surface area contributed by atoms with Crippen LogP contribution < -0.4 is 11.5 Å². The summed E-state index contributed by atoms with van der Waals surface area (Å²) >= 11 is 3.38. The molecule has 0 spiro atoms. The Morgan fingerprint density at radius 3 is 2.59 bits per heavy atom. The molecule has 0 bridgehead atoms. The number of halogens is 3. The summed E-state index contributed by atoms with van der Waals surface area (Å²) in [5.74, 6) is -2.45. The molecule has 1 aromatic carbocycles. The standard InChI is InChI=1S/C14H18BrF2N5/c15-11-3-1-2-10(8-11)9-20-12(18)21-13(19)22-6-4-14(16,17)5-7-22/h1-3,8H,4-7,9H2,(H4,18,19,20,21). The molecule has 0 atom stereocenters. The highest BCUT2D eigenvalue weighted by molar-refractivity contribution is 9.10. The first-order chi connectivity index (χ1) is 10.4. The number of rotatable bonds is 2. The van der Waals surface area contributed by atoms with Gasteiger partial charge in [0.15, 0.2) is 5.96 Å². The summed E-state index contributed by atoms with van der Waals surface area (Å²) in [6.07, 6.45) is -0.448. The Bertz CT molecular complexity index is 578. The van der Waals surface area contributed by atoms with Crippen molar-refractivity contribution in [1.29, 1.82) is 0 Å². The molecule has 8 heteroatoms. The van der Waals surface area contributed by atoms with Gasteiger partial charge < -0.3 is 16.4 Å². The van der Waals surface area contributed by atoms with Crippen LogP contribution in [0.5, 0.6) is 0 Å². The molecule has 2 rings (SSSR count). The number of guanidine groups is 2. The van der Waals surface area contributed by atoms with E-state index in [0.29, 0.717) is 6.54 Å². The Morgan fingerprint density at radius 2 is 1.95 bits per heavy atom.